The van der Waals surface area contributed by atoms with Gasteiger partial charge in [0, 0.05) is 34.3 Å². The lowest BCUT2D eigenvalue weighted by atomic mass is 9.94. The summed E-state index contributed by atoms with van der Waals surface area (Å²) in [6, 6.07) is 11.3. The number of phenolic OH excluding ortho intramolecular Hbond substituents is 1. The molecule has 3 aromatic rings. The van der Waals surface area contributed by atoms with Gasteiger partial charge < -0.3 is 20.3 Å². The molecule has 2 heterocycles. The number of amides is 1. The van der Waals surface area contributed by atoms with Gasteiger partial charge in [-0.05, 0) is 50.3 Å². The predicted molar refractivity (Wildman–Crippen MR) is 97.8 cm³/mol. The monoisotopic (exact) mass is 335 g/mol. The molecule has 1 aliphatic heterocycles. The second-order valence-corrected chi connectivity index (χ2v) is 6.93. The van der Waals surface area contributed by atoms with Crippen LogP contribution in [-0.2, 0) is 6.54 Å². The Morgan fingerprint density at radius 3 is 2.72 bits per heavy atom. The molecule has 1 atom stereocenters. The number of aromatic nitrogens is 1. The van der Waals surface area contributed by atoms with Gasteiger partial charge in [-0.2, -0.15) is 0 Å². The first-order valence-electron chi connectivity index (χ1n) is 8.34. The molecule has 128 valence electrons. The average molecular weight is 335 g/mol. The third-order valence-electron chi connectivity index (χ3n) is 4.79. The predicted octanol–water partition coefficient (Wildman–Crippen LogP) is 3.08. The molecule has 5 nitrogen and oxygen atoms in total. The van der Waals surface area contributed by atoms with Crippen LogP contribution >= 0.6 is 0 Å². The normalized spacial score (nSPS) is 16.5. The van der Waals surface area contributed by atoms with Crippen LogP contribution < -0.4 is 5.32 Å². The molecule has 1 amide bonds. The van der Waals surface area contributed by atoms with E-state index in [9.17, 15) is 9.90 Å². The largest absolute Gasteiger partial charge is 0.508 e. The summed E-state index contributed by atoms with van der Waals surface area (Å²) in [7, 11) is 4.04. The van der Waals surface area contributed by atoms with E-state index in [-0.39, 0.29) is 17.7 Å². The van der Waals surface area contributed by atoms with E-state index >= 15 is 0 Å². The van der Waals surface area contributed by atoms with Gasteiger partial charge in [-0.15, -0.1) is 0 Å². The van der Waals surface area contributed by atoms with Gasteiger partial charge >= 0.3 is 0 Å². The Kier molecular flexibility index (Phi) is 3.54. The molecule has 2 aromatic carbocycles. The summed E-state index contributed by atoms with van der Waals surface area (Å²) in [6.45, 7) is 2.54. The van der Waals surface area contributed by atoms with E-state index in [0.29, 0.717) is 11.1 Å². The lowest BCUT2D eigenvalue weighted by molar-refractivity contribution is 0.0960. The molecule has 0 fully saturated rings. The topological polar surface area (TPSA) is 68.4 Å². The van der Waals surface area contributed by atoms with E-state index < -0.39 is 0 Å². The molecule has 1 aliphatic rings. The summed E-state index contributed by atoms with van der Waals surface area (Å²) in [5.41, 5.74) is 5.37. The molecule has 5 heteroatoms. The highest BCUT2D eigenvalue weighted by Crippen LogP contribution is 2.39. The first-order chi connectivity index (χ1) is 12.0. The van der Waals surface area contributed by atoms with Crippen molar-refractivity contribution in [1.82, 2.24) is 15.2 Å². The lowest BCUT2D eigenvalue weighted by Crippen LogP contribution is -2.22. The van der Waals surface area contributed by atoms with E-state index in [1.807, 2.05) is 32.3 Å². The van der Waals surface area contributed by atoms with Gasteiger partial charge in [-0.3, -0.25) is 4.79 Å². The number of hydrogen-bond acceptors (Lipinski definition) is 3. The third-order valence-corrected chi connectivity index (χ3v) is 4.79. The van der Waals surface area contributed by atoms with Crippen LogP contribution in [0.25, 0.3) is 10.9 Å². The van der Waals surface area contributed by atoms with Crippen LogP contribution in [0.3, 0.4) is 0 Å². The fourth-order valence-electron chi connectivity index (χ4n) is 3.65. The van der Waals surface area contributed by atoms with E-state index in [0.717, 1.165) is 34.3 Å². The Morgan fingerprint density at radius 1 is 1.20 bits per heavy atom. The summed E-state index contributed by atoms with van der Waals surface area (Å²) in [6.07, 6.45) is 0. The van der Waals surface area contributed by atoms with Crippen LogP contribution in [0.15, 0.2) is 36.4 Å². The molecule has 0 aliphatic carbocycles. The van der Waals surface area contributed by atoms with Crippen molar-refractivity contribution in [2.45, 2.75) is 19.5 Å². The van der Waals surface area contributed by atoms with Gasteiger partial charge in [0.25, 0.3) is 5.91 Å². The quantitative estimate of drug-likeness (QED) is 0.689. The van der Waals surface area contributed by atoms with Crippen LogP contribution in [0.4, 0.5) is 0 Å². The van der Waals surface area contributed by atoms with Gasteiger partial charge in [0.05, 0.1) is 6.04 Å². The van der Waals surface area contributed by atoms with Gasteiger partial charge in [0.2, 0.25) is 0 Å². The number of aromatic amines is 1. The average Bonchev–Trinajstić information content (AvgIpc) is 3.05. The highest BCUT2D eigenvalue weighted by Gasteiger charge is 2.33. The number of hydrogen-bond donors (Lipinski definition) is 3. The summed E-state index contributed by atoms with van der Waals surface area (Å²) in [4.78, 5) is 18.1. The Bertz CT molecular complexity index is 988. The van der Waals surface area contributed by atoms with E-state index in [1.54, 1.807) is 19.1 Å². The van der Waals surface area contributed by atoms with E-state index in [2.05, 4.69) is 21.3 Å². The summed E-state index contributed by atoms with van der Waals surface area (Å²) < 4.78 is 0. The first-order valence-corrected chi connectivity index (χ1v) is 8.34. The second kappa shape index (κ2) is 5.63. The van der Waals surface area contributed by atoms with Crippen molar-refractivity contribution in [1.29, 1.82) is 0 Å². The number of aromatic hydroxyl groups is 1. The van der Waals surface area contributed by atoms with Crippen LogP contribution in [0, 0.1) is 6.92 Å². The minimum atomic E-state index is -0.264. The fourth-order valence-corrected chi connectivity index (χ4v) is 3.65. The first kappa shape index (κ1) is 15.7. The Hall–Kier alpha value is -2.79. The molecule has 25 heavy (non-hydrogen) atoms. The van der Waals surface area contributed by atoms with Crippen molar-refractivity contribution >= 4 is 16.8 Å². The zero-order valence-corrected chi connectivity index (χ0v) is 14.6. The van der Waals surface area contributed by atoms with Gasteiger partial charge in [0.1, 0.15) is 5.75 Å². The maximum atomic E-state index is 12.5. The Morgan fingerprint density at radius 2 is 1.96 bits per heavy atom. The zero-order chi connectivity index (χ0) is 17.7. The number of nitrogens with one attached hydrogen (secondary N) is 2. The molecule has 0 saturated carbocycles. The number of nitrogens with zero attached hydrogens (tertiary/aromatic N) is 1. The molecule has 4 rings (SSSR count). The van der Waals surface area contributed by atoms with Gasteiger partial charge in [-0.25, -0.2) is 0 Å². The molecular formula is C20H21N3O2. The molecule has 0 saturated heterocycles. The van der Waals surface area contributed by atoms with Crippen molar-refractivity contribution in [2.75, 3.05) is 14.1 Å². The highest BCUT2D eigenvalue weighted by atomic mass is 16.3. The lowest BCUT2D eigenvalue weighted by Gasteiger charge is -2.17. The van der Waals surface area contributed by atoms with E-state index in [1.165, 1.54) is 0 Å². The minimum Gasteiger partial charge on any atom is -0.508 e. The fraction of sp³-hybridized carbons (Fsp3) is 0.250. The number of phenols is 1. The number of aryl methyl sites for hydroxylation is 1. The minimum absolute atomic E-state index is 0.0933. The van der Waals surface area contributed by atoms with Crippen molar-refractivity contribution < 1.29 is 9.90 Å². The Balaban J connectivity index is 1.94. The molecule has 1 aromatic heterocycles. The number of benzene rings is 2. The summed E-state index contributed by atoms with van der Waals surface area (Å²) in [5.74, 6) is 0.124. The van der Waals surface area contributed by atoms with E-state index in [4.69, 9.17) is 0 Å². The Labute approximate surface area is 146 Å². The van der Waals surface area contributed by atoms with Crippen LogP contribution in [0.5, 0.6) is 5.75 Å². The molecule has 1 unspecified atom stereocenters. The van der Waals surface area contributed by atoms with Gasteiger partial charge in [-0.1, -0.05) is 18.2 Å². The molecule has 3 N–H and O–H groups in total. The van der Waals surface area contributed by atoms with Crippen LogP contribution in [-0.4, -0.2) is 35.0 Å². The number of fused-ring (bicyclic) bond motifs is 2. The molecule has 0 radical (unpaired) electrons. The van der Waals surface area contributed by atoms with Gasteiger partial charge in [0.15, 0.2) is 0 Å². The SMILES string of the molecule is Cc1cc2c(cc1O)C(c1c(CN(C)C)[nH]c3ccccc13)NC2=O. The van der Waals surface area contributed by atoms with Crippen molar-refractivity contribution in [3.8, 4) is 5.75 Å². The second-order valence-electron chi connectivity index (χ2n) is 6.93. The maximum absolute atomic E-state index is 12.5. The summed E-state index contributed by atoms with van der Waals surface area (Å²) >= 11 is 0. The number of para-hydroxylation sites is 1. The van der Waals surface area contributed by atoms with Crippen molar-refractivity contribution in [3.63, 3.8) is 0 Å². The number of H-pyrrole nitrogens is 1. The number of carbonyl (C=O) groups excluding carboxylic acids is 1. The van der Waals surface area contributed by atoms with Crippen molar-refractivity contribution in [3.05, 3.63) is 64.3 Å². The third kappa shape index (κ3) is 2.48. The molecular weight excluding hydrogens is 314 g/mol. The summed E-state index contributed by atoms with van der Waals surface area (Å²) in [5, 5.41) is 14.3. The smallest absolute Gasteiger partial charge is 0.252 e. The number of carbonyl (C=O) groups is 1. The molecule has 0 spiro atoms. The number of rotatable bonds is 3. The highest BCUT2D eigenvalue weighted by molar-refractivity contribution is 6.01. The maximum Gasteiger partial charge on any atom is 0.252 e. The standard InChI is InChI=1S/C20H21N3O2/c1-11-8-14-13(9-17(11)24)19(22-20(14)25)18-12-6-4-5-7-15(12)21-16(18)10-23(2)3/h4-9,19,21,24H,10H2,1-3H3,(H,22,25). The zero-order valence-electron chi connectivity index (χ0n) is 14.6. The van der Waals surface area contributed by atoms with Crippen molar-refractivity contribution in [2.24, 2.45) is 0 Å². The molecule has 0 bridgehead atoms. The van der Waals surface area contributed by atoms with Crippen LogP contribution in [0.1, 0.15) is 38.8 Å². The van der Waals surface area contributed by atoms with Crippen LogP contribution in [0.2, 0.25) is 0 Å².